The Morgan fingerprint density at radius 1 is 1.22 bits per heavy atom. The van der Waals surface area contributed by atoms with Gasteiger partial charge >= 0.3 is 11.9 Å². The number of nitrogens with zero attached hydrogens (tertiary/aromatic N) is 1. The Bertz CT molecular complexity index is 467. The van der Waals surface area contributed by atoms with Gasteiger partial charge in [0.05, 0.1) is 17.3 Å². The summed E-state index contributed by atoms with van der Waals surface area (Å²) in [7, 11) is 0. The van der Waals surface area contributed by atoms with Crippen molar-refractivity contribution in [2.75, 3.05) is 0 Å². The van der Waals surface area contributed by atoms with Crippen LogP contribution in [0.1, 0.15) is 12.0 Å². The summed E-state index contributed by atoms with van der Waals surface area (Å²) in [6, 6.07) is 5.37. The van der Waals surface area contributed by atoms with E-state index in [-0.39, 0.29) is 12.1 Å². The molecule has 0 aliphatic carbocycles. The molecular weight excluding hydrogens is 242 g/mol. The van der Waals surface area contributed by atoms with Crippen molar-refractivity contribution in [2.45, 2.75) is 12.8 Å². The summed E-state index contributed by atoms with van der Waals surface area (Å²) in [5.74, 6) is -3.43. The van der Waals surface area contributed by atoms with Crippen LogP contribution in [0.4, 0.5) is 5.69 Å². The van der Waals surface area contributed by atoms with Crippen molar-refractivity contribution in [3.05, 3.63) is 39.9 Å². The van der Waals surface area contributed by atoms with Gasteiger partial charge < -0.3 is 10.2 Å². The van der Waals surface area contributed by atoms with Crippen LogP contribution < -0.4 is 0 Å². The zero-order valence-corrected chi connectivity index (χ0v) is 9.28. The SMILES string of the molecule is O=C(O)CC(Cc1ccc([N+](=O)[O-])cc1)C(=O)O. The van der Waals surface area contributed by atoms with Crippen LogP contribution in [0.2, 0.25) is 0 Å². The first-order chi connectivity index (χ1) is 8.40. The predicted octanol–water partition coefficient (Wildman–Crippen LogP) is 1.31. The van der Waals surface area contributed by atoms with E-state index in [2.05, 4.69) is 0 Å². The van der Waals surface area contributed by atoms with Crippen LogP contribution in [0.3, 0.4) is 0 Å². The Morgan fingerprint density at radius 2 is 1.78 bits per heavy atom. The van der Waals surface area contributed by atoms with Gasteiger partial charge in [0.1, 0.15) is 0 Å². The van der Waals surface area contributed by atoms with Crippen molar-refractivity contribution < 1.29 is 24.7 Å². The van der Waals surface area contributed by atoms with Crippen molar-refractivity contribution in [1.82, 2.24) is 0 Å². The highest BCUT2D eigenvalue weighted by Gasteiger charge is 2.21. The smallest absolute Gasteiger partial charge is 0.307 e. The maximum Gasteiger partial charge on any atom is 0.307 e. The van der Waals surface area contributed by atoms with Gasteiger partial charge in [0.15, 0.2) is 0 Å². The molecule has 0 aromatic heterocycles. The molecule has 1 atom stereocenters. The molecule has 1 aromatic carbocycles. The lowest BCUT2D eigenvalue weighted by Gasteiger charge is -2.09. The highest BCUT2D eigenvalue weighted by Crippen LogP contribution is 2.17. The van der Waals surface area contributed by atoms with Crippen molar-refractivity contribution in [3.63, 3.8) is 0 Å². The first-order valence-corrected chi connectivity index (χ1v) is 5.08. The van der Waals surface area contributed by atoms with Gasteiger partial charge in [-0.25, -0.2) is 0 Å². The molecule has 1 unspecified atom stereocenters. The van der Waals surface area contributed by atoms with Gasteiger partial charge in [0, 0.05) is 12.1 Å². The first-order valence-electron chi connectivity index (χ1n) is 5.08. The Morgan fingerprint density at radius 3 is 2.17 bits per heavy atom. The lowest BCUT2D eigenvalue weighted by atomic mass is 9.96. The molecule has 2 N–H and O–H groups in total. The van der Waals surface area contributed by atoms with Crippen LogP contribution in [0.25, 0.3) is 0 Å². The van der Waals surface area contributed by atoms with Gasteiger partial charge in [-0.2, -0.15) is 0 Å². The van der Waals surface area contributed by atoms with E-state index in [0.717, 1.165) is 0 Å². The number of hydrogen-bond donors (Lipinski definition) is 2. The van der Waals surface area contributed by atoms with E-state index in [0.29, 0.717) is 5.56 Å². The molecule has 7 heteroatoms. The van der Waals surface area contributed by atoms with Crippen LogP contribution in [0.5, 0.6) is 0 Å². The summed E-state index contributed by atoms with van der Waals surface area (Å²) in [6.45, 7) is 0. The molecule has 0 radical (unpaired) electrons. The summed E-state index contributed by atoms with van der Waals surface area (Å²) in [4.78, 5) is 31.2. The van der Waals surface area contributed by atoms with Crippen LogP contribution in [-0.4, -0.2) is 27.1 Å². The minimum absolute atomic E-state index is 0.0274. The van der Waals surface area contributed by atoms with E-state index in [1.165, 1.54) is 24.3 Å². The largest absolute Gasteiger partial charge is 0.481 e. The second-order valence-corrected chi connectivity index (χ2v) is 3.76. The van der Waals surface area contributed by atoms with Crippen LogP contribution >= 0.6 is 0 Å². The van der Waals surface area contributed by atoms with Gasteiger partial charge in [-0.3, -0.25) is 19.7 Å². The zero-order chi connectivity index (χ0) is 13.7. The number of hydrogen-bond acceptors (Lipinski definition) is 4. The van der Waals surface area contributed by atoms with Crippen LogP contribution in [-0.2, 0) is 16.0 Å². The fourth-order valence-corrected chi connectivity index (χ4v) is 1.50. The van der Waals surface area contributed by atoms with E-state index >= 15 is 0 Å². The average molecular weight is 253 g/mol. The summed E-state index contributed by atoms with van der Waals surface area (Å²) in [5, 5.41) is 27.9. The van der Waals surface area contributed by atoms with Gasteiger partial charge in [-0.1, -0.05) is 12.1 Å². The number of carbonyl (C=O) groups is 2. The van der Waals surface area contributed by atoms with Gasteiger partial charge in [-0.15, -0.1) is 0 Å². The monoisotopic (exact) mass is 253 g/mol. The summed E-state index contributed by atoms with van der Waals surface area (Å²) in [6.07, 6.45) is -0.452. The third-order valence-electron chi connectivity index (χ3n) is 2.40. The predicted molar refractivity (Wildman–Crippen MR) is 60.2 cm³/mol. The number of rotatable bonds is 6. The average Bonchev–Trinajstić information content (AvgIpc) is 2.28. The first kappa shape index (κ1) is 13.6. The number of carboxylic acids is 2. The van der Waals surface area contributed by atoms with E-state index in [9.17, 15) is 19.7 Å². The second kappa shape index (κ2) is 5.76. The normalized spacial score (nSPS) is 11.8. The molecule has 0 saturated carbocycles. The highest BCUT2D eigenvalue weighted by molar-refractivity contribution is 5.78. The van der Waals surface area contributed by atoms with Gasteiger partial charge in [0.25, 0.3) is 5.69 Å². The topological polar surface area (TPSA) is 118 Å². The van der Waals surface area contributed by atoms with Crippen LogP contribution in [0.15, 0.2) is 24.3 Å². The molecule has 18 heavy (non-hydrogen) atoms. The van der Waals surface area contributed by atoms with E-state index in [1.807, 2.05) is 0 Å². The zero-order valence-electron chi connectivity index (χ0n) is 9.28. The molecule has 0 fully saturated rings. The fourth-order valence-electron chi connectivity index (χ4n) is 1.50. The molecular formula is C11H11NO6. The van der Waals surface area contributed by atoms with Crippen molar-refractivity contribution >= 4 is 17.6 Å². The molecule has 0 aliphatic rings. The van der Waals surface area contributed by atoms with Gasteiger partial charge in [0.2, 0.25) is 0 Å². The Kier molecular flexibility index (Phi) is 4.36. The quantitative estimate of drug-likeness (QED) is 0.583. The maximum atomic E-state index is 10.8. The lowest BCUT2D eigenvalue weighted by Crippen LogP contribution is -2.20. The maximum absolute atomic E-state index is 10.8. The Labute approximate surface area is 102 Å². The standard InChI is InChI=1S/C11H11NO6/c13-10(14)6-8(11(15)16)5-7-1-3-9(4-2-7)12(17)18/h1-4,8H,5-6H2,(H,13,14)(H,15,16). The third kappa shape index (κ3) is 3.85. The van der Waals surface area contributed by atoms with Crippen LogP contribution in [0, 0.1) is 16.0 Å². The number of benzene rings is 1. The van der Waals surface area contributed by atoms with Crippen molar-refractivity contribution in [2.24, 2.45) is 5.92 Å². The molecule has 0 saturated heterocycles. The Balaban J connectivity index is 2.78. The lowest BCUT2D eigenvalue weighted by molar-refractivity contribution is -0.384. The number of nitro benzene ring substituents is 1. The summed E-state index contributed by atoms with van der Waals surface area (Å²) >= 11 is 0. The van der Waals surface area contributed by atoms with E-state index in [1.54, 1.807) is 0 Å². The number of aliphatic carboxylic acids is 2. The molecule has 0 spiro atoms. The molecule has 96 valence electrons. The molecule has 0 heterocycles. The molecule has 0 amide bonds. The minimum Gasteiger partial charge on any atom is -0.481 e. The molecule has 0 bridgehead atoms. The van der Waals surface area contributed by atoms with Crippen molar-refractivity contribution in [1.29, 1.82) is 0 Å². The molecule has 7 nitrogen and oxygen atoms in total. The number of nitro groups is 1. The third-order valence-corrected chi connectivity index (χ3v) is 2.40. The molecule has 1 aromatic rings. The van der Waals surface area contributed by atoms with E-state index in [4.69, 9.17) is 10.2 Å². The fraction of sp³-hybridized carbons (Fsp3) is 0.273. The Hall–Kier alpha value is -2.44. The molecule has 1 rings (SSSR count). The number of non-ortho nitro benzene ring substituents is 1. The van der Waals surface area contributed by atoms with Gasteiger partial charge in [-0.05, 0) is 12.0 Å². The molecule has 0 aliphatic heterocycles. The summed E-state index contributed by atoms with van der Waals surface area (Å²) < 4.78 is 0. The number of carboxylic acid groups (broad SMARTS) is 2. The van der Waals surface area contributed by atoms with E-state index < -0.39 is 29.2 Å². The highest BCUT2D eigenvalue weighted by atomic mass is 16.6. The summed E-state index contributed by atoms with van der Waals surface area (Å²) in [5.41, 5.74) is 0.457. The second-order valence-electron chi connectivity index (χ2n) is 3.76. The minimum atomic E-state index is -1.20. The van der Waals surface area contributed by atoms with Crippen molar-refractivity contribution in [3.8, 4) is 0 Å².